The lowest BCUT2D eigenvalue weighted by atomic mass is 10.2. The summed E-state index contributed by atoms with van der Waals surface area (Å²) in [4.78, 5) is 3.48. The molecule has 0 bridgehead atoms. The average molecular weight is 328 g/mol. The molecule has 0 saturated carbocycles. The highest BCUT2D eigenvalue weighted by molar-refractivity contribution is 14.1. The molecular weight excluding hydrogens is 324 g/mol. The molecule has 0 spiro atoms. The van der Waals surface area contributed by atoms with E-state index in [1.54, 1.807) is 6.07 Å². The fraction of sp³-hybridized carbons (Fsp3) is 0.250. The Bertz CT molecular complexity index is 400. The summed E-state index contributed by atoms with van der Waals surface area (Å²) in [6, 6.07) is 3.18. The van der Waals surface area contributed by atoms with Crippen molar-refractivity contribution in [2.45, 2.75) is 12.8 Å². The van der Waals surface area contributed by atoms with Crippen molar-refractivity contribution in [3.63, 3.8) is 0 Å². The third kappa shape index (κ3) is 3.91. The molecule has 0 aliphatic carbocycles. The number of nitrogens with zero attached hydrogens (tertiary/aromatic N) is 2. The second kappa shape index (κ2) is 4.65. The van der Waals surface area contributed by atoms with Crippen LogP contribution >= 0.6 is 22.6 Å². The SMILES string of the molecule is N#CCc1cc(I)cnc1OC(F)(F)F. The predicted octanol–water partition coefficient (Wildman–Crippen LogP) is 2.65. The second-order valence-corrected chi connectivity index (χ2v) is 3.75. The van der Waals surface area contributed by atoms with Crippen LogP contribution in [0.4, 0.5) is 13.2 Å². The maximum Gasteiger partial charge on any atom is 0.574 e. The van der Waals surface area contributed by atoms with Crippen LogP contribution in [0.3, 0.4) is 0 Å². The van der Waals surface area contributed by atoms with Gasteiger partial charge in [-0.3, -0.25) is 0 Å². The molecule has 15 heavy (non-hydrogen) atoms. The Balaban J connectivity index is 3.02. The first kappa shape index (κ1) is 12.0. The highest BCUT2D eigenvalue weighted by atomic mass is 127. The van der Waals surface area contributed by atoms with E-state index in [9.17, 15) is 13.2 Å². The smallest absolute Gasteiger partial charge is 0.388 e. The van der Waals surface area contributed by atoms with Gasteiger partial charge in [-0.1, -0.05) is 0 Å². The summed E-state index contributed by atoms with van der Waals surface area (Å²) in [6.45, 7) is 0. The molecule has 80 valence electrons. The maximum absolute atomic E-state index is 11.9. The van der Waals surface area contributed by atoms with Crippen molar-refractivity contribution in [3.05, 3.63) is 21.4 Å². The van der Waals surface area contributed by atoms with Crippen LogP contribution in [0, 0.1) is 14.9 Å². The summed E-state index contributed by atoms with van der Waals surface area (Å²) < 4.78 is 40.1. The molecule has 3 nitrogen and oxygen atoms in total. The van der Waals surface area contributed by atoms with Crippen molar-refractivity contribution >= 4 is 22.6 Å². The lowest BCUT2D eigenvalue weighted by Crippen LogP contribution is -2.19. The zero-order chi connectivity index (χ0) is 11.5. The van der Waals surface area contributed by atoms with E-state index in [1.165, 1.54) is 12.3 Å². The molecule has 1 aromatic heterocycles. The summed E-state index contributed by atoms with van der Waals surface area (Å²) in [5, 5.41) is 8.42. The van der Waals surface area contributed by atoms with E-state index >= 15 is 0 Å². The van der Waals surface area contributed by atoms with Crippen LogP contribution in [-0.2, 0) is 6.42 Å². The van der Waals surface area contributed by atoms with Gasteiger partial charge in [-0.05, 0) is 28.7 Å². The van der Waals surface area contributed by atoms with Crippen molar-refractivity contribution in [2.24, 2.45) is 0 Å². The van der Waals surface area contributed by atoms with Crippen molar-refractivity contribution in [3.8, 4) is 11.9 Å². The first-order chi connectivity index (χ1) is 6.92. The van der Waals surface area contributed by atoms with Gasteiger partial charge in [0.15, 0.2) is 0 Å². The summed E-state index contributed by atoms with van der Waals surface area (Å²) >= 11 is 1.89. The molecule has 1 rings (SSSR count). The number of alkyl halides is 3. The Kier molecular flexibility index (Phi) is 3.73. The molecule has 0 aromatic carbocycles. The van der Waals surface area contributed by atoms with Gasteiger partial charge in [0.1, 0.15) is 0 Å². The van der Waals surface area contributed by atoms with Crippen LogP contribution in [0.15, 0.2) is 12.3 Å². The lowest BCUT2D eigenvalue weighted by Gasteiger charge is -2.10. The Labute approximate surface area is 97.0 Å². The molecule has 0 fully saturated rings. The minimum absolute atomic E-state index is 0.127. The molecule has 7 heteroatoms. The molecule has 1 heterocycles. The minimum Gasteiger partial charge on any atom is -0.388 e. The summed E-state index contributed by atoms with van der Waals surface area (Å²) in [5.74, 6) is -0.565. The summed E-state index contributed by atoms with van der Waals surface area (Å²) in [6.07, 6.45) is -3.72. The standard InChI is InChI=1S/C8H4F3IN2O/c9-8(10,11)15-7-5(1-2-13)3-6(12)4-14-7/h3-4H,1H2. The molecule has 0 unspecified atom stereocenters. The third-order valence-electron chi connectivity index (χ3n) is 1.37. The van der Waals surface area contributed by atoms with Crippen LogP contribution in [0.2, 0.25) is 0 Å². The average Bonchev–Trinajstić information content (AvgIpc) is 2.08. The number of hydrogen-bond donors (Lipinski definition) is 0. The van der Waals surface area contributed by atoms with Gasteiger partial charge in [-0.15, -0.1) is 13.2 Å². The topological polar surface area (TPSA) is 45.9 Å². The van der Waals surface area contributed by atoms with Gasteiger partial charge in [0.25, 0.3) is 0 Å². The number of aromatic nitrogens is 1. The fourth-order valence-electron chi connectivity index (χ4n) is 0.882. The van der Waals surface area contributed by atoms with Crippen molar-refractivity contribution in [2.75, 3.05) is 0 Å². The lowest BCUT2D eigenvalue weighted by molar-refractivity contribution is -0.276. The third-order valence-corrected chi connectivity index (χ3v) is 1.96. The molecule has 0 aliphatic heterocycles. The Morgan fingerprint density at radius 3 is 2.73 bits per heavy atom. The number of ether oxygens (including phenoxy) is 1. The zero-order valence-corrected chi connectivity index (χ0v) is 9.33. The minimum atomic E-state index is -4.79. The van der Waals surface area contributed by atoms with E-state index in [4.69, 9.17) is 5.26 Å². The second-order valence-electron chi connectivity index (χ2n) is 2.50. The largest absolute Gasteiger partial charge is 0.574 e. The number of halogens is 4. The highest BCUT2D eigenvalue weighted by Crippen LogP contribution is 2.25. The van der Waals surface area contributed by atoms with Crippen molar-refractivity contribution in [1.82, 2.24) is 4.98 Å². The van der Waals surface area contributed by atoms with Crippen LogP contribution < -0.4 is 4.74 Å². The van der Waals surface area contributed by atoms with E-state index in [0.29, 0.717) is 3.57 Å². The molecule has 0 N–H and O–H groups in total. The van der Waals surface area contributed by atoms with E-state index in [-0.39, 0.29) is 12.0 Å². The van der Waals surface area contributed by atoms with Gasteiger partial charge < -0.3 is 4.74 Å². The monoisotopic (exact) mass is 328 g/mol. The van der Waals surface area contributed by atoms with Crippen molar-refractivity contribution < 1.29 is 17.9 Å². The van der Waals surface area contributed by atoms with E-state index in [2.05, 4.69) is 9.72 Å². The molecular formula is C8H4F3IN2O. The molecule has 0 radical (unpaired) electrons. The predicted molar refractivity (Wildman–Crippen MR) is 53.0 cm³/mol. The Morgan fingerprint density at radius 2 is 2.20 bits per heavy atom. The van der Waals surface area contributed by atoms with Gasteiger partial charge in [0.05, 0.1) is 12.5 Å². The van der Waals surface area contributed by atoms with E-state index in [1.807, 2.05) is 22.6 Å². The summed E-state index contributed by atoms with van der Waals surface area (Å²) in [7, 11) is 0. The van der Waals surface area contributed by atoms with Crippen LogP contribution in [0.1, 0.15) is 5.56 Å². The first-order valence-electron chi connectivity index (χ1n) is 3.69. The first-order valence-corrected chi connectivity index (χ1v) is 4.77. The fourth-order valence-corrected chi connectivity index (χ4v) is 1.40. The summed E-state index contributed by atoms with van der Waals surface area (Å²) in [5.41, 5.74) is 0.127. The van der Waals surface area contributed by atoms with Gasteiger partial charge in [-0.2, -0.15) is 5.26 Å². The number of rotatable bonds is 2. The normalized spacial score (nSPS) is 10.9. The van der Waals surface area contributed by atoms with E-state index < -0.39 is 12.2 Å². The van der Waals surface area contributed by atoms with Crippen LogP contribution in [0.5, 0.6) is 5.88 Å². The molecule has 0 aliphatic rings. The molecule has 1 aromatic rings. The van der Waals surface area contributed by atoms with Crippen LogP contribution in [-0.4, -0.2) is 11.3 Å². The molecule has 0 saturated heterocycles. The highest BCUT2D eigenvalue weighted by Gasteiger charge is 2.32. The van der Waals surface area contributed by atoms with Crippen molar-refractivity contribution in [1.29, 1.82) is 5.26 Å². The van der Waals surface area contributed by atoms with Gasteiger partial charge in [-0.25, -0.2) is 4.98 Å². The van der Waals surface area contributed by atoms with E-state index in [0.717, 1.165) is 0 Å². The van der Waals surface area contributed by atoms with Gasteiger partial charge in [0.2, 0.25) is 5.88 Å². The molecule has 0 amide bonds. The quantitative estimate of drug-likeness (QED) is 0.784. The molecule has 0 atom stereocenters. The number of nitriles is 1. The van der Waals surface area contributed by atoms with Gasteiger partial charge in [0, 0.05) is 15.3 Å². The Hall–Kier alpha value is -1.04. The Morgan fingerprint density at radius 1 is 1.53 bits per heavy atom. The number of hydrogen-bond acceptors (Lipinski definition) is 3. The number of pyridine rings is 1. The maximum atomic E-state index is 11.9. The van der Waals surface area contributed by atoms with Crippen LogP contribution in [0.25, 0.3) is 0 Å². The zero-order valence-electron chi connectivity index (χ0n) is 7.18. The van der Waals surface area contributed by atoms with Gasteiger partial charge >= 0.3 is 6.36 Å².